The second kappa shape index (κ2) is 6.64. The summed E-state index contributed by atoms with van der Waals surface area (Å²) in [4.78, 5) is 23.8. The van der Waals surface area contributed by atoms with Gasteiger partial charge in [0, 0.05) is 23.5 Å². The van der Waals surface area contributed by atoms with Gasteiger partial charge in [0.1, 0.15) is 0 Å². The second-order valence-corrected chi connectivity index (χ2v) is 7.22. The van der Waals surface area contributed by atoms with E-state index in [0.29, 0.717) is 12.2 Å². The van der Waals surface area contributed by atoms with E-state index in [1.54, 1.807) is 4.52 Å². The zero-order valence-electron chi connectivity index (χ0n) is 15.9. The molecule has 7 heteroatoms. The minimum absolute atomic E-state index is 0.126. The van der Waals surface area contributed by atoms with Crippen LogP contribution in [0.2, 0.25) is 0 Å². The van der Waals surface area contributed by atoms with Crippen LogP contribution in [0.3, 0.4) is 0 Å². The number of likely N-dealkylation sites (tertiary alicyclic amines) is 1. The van der Waals surface area contributed by atoms with Crippen LogP contribution in [0.1, 0.15) is 47.0 Å². The molecule has 0 radical (unpaired) electrons. The number of fused-ring (bicyclic) bond motifs is 1. The average molecular weight is 364 g/mol. The molecule has 1 atom stereocenters. The van der Waals surface area contributed by atoms with Crippen LogP contribution in [0.25, 0.3) is 5.78 Å². The van der Waals surface area contributed by atoms with Crippen molar-refractivity contribution in [2.45, 2.75) is 46.1 Å². The minimum Gasteiger partial charge on any atom is -0.366 e. The number of anilines is 1. The van der Waals surface area contributed by atoms with Gasteiger partial charge in [-0.15, -0.1) is 5.10 Å². The molecule has 0 aliphatic carbocycles. The summed E-state index contributed by atoms with van der Waals surface area (Å²) in [7, 11) is 0. The van der Waals surface area contributed by atoms with Gasteiger partial charge in [0.05, 0.1) is 12.5 Å². The number of carbonyl (C=O) groups is 1. The van der Waals surface area contributed by atoms with Crippen LogP contribution in [0.15, 0.2) is 24.3 Å². The highest BCUT2D eigenvalue weighted by atomic mass is 16.2. The van der Waals surface area contributed by atoms with E-state index in [9.17, 15) is 4.79 Å². The molecule has 1 aliphatic rings. The molecule has 1 unspecified atom stereocenters. The number of hydrogen-bond donors (Lipinski definition) is 1. The Hall–Kier alpha value is -2.96. The highest BCUT2D eigenvalue weighted by Crippen LogP contribution is 2.34. The molecule has 140 valence electrons. The normalized spacial score (nSPS) is 17.0. The molecule has 3 heterocycles. The van der Waals surface area contributed by atoms with Gasteiger partial charge in [-0.25, -0.2) is 4.98 Å². The van der Waals surface area contributed by atoms with Crippen LogP contribution in [0, 0.1) is 20.8 Å². The Balaban J connectivity index is 1.64. The molecular formula is C20H24N6O. The van der Waals surface area contributed by atoms with Gasteiger partial charge < -0.3 is 10.6 Å². The van der Waals surface area contributed by atoms with Crippen LogP contribution >= 0.6 is 0 Å². The molecule has 0 spiro atoms. The molecule has 4 rings (SSSR count). The van der Waals surface area contributed by atoms with E-state index in [-0.39, 0.29) is 17.9 Å². The Morgan fingerprint density at radius 1 is 1.22 bits per heavy atom. The fraction of sp³-hybridized carbons (Fsp3) is 0.400. The minimum atomic E-state index is 0.126. The van der Waals surface area contributed by atoms with Gasteiger partial charge >= 0.3 is 0 Å². The third-order valence-electron chi connectivity index (χ3n) is 5.51. The summed E-state index contributed by atoms with van der Waals surface area (Å²) < 4.78 is 1.62. The molecule has 1 fully saturated rings. The number of nitrogens with two attached hydrogens (primary N) is 1. The summed E-state index contributed by atoms with van der Waals surface area (Å²) in [5.41, 5.74) is 10.7. The van der Waals surface area contributed by atoms with E-state index in [0.717, 1.165) is 36.3 Å². The fourth-order valence-corrected chi connectivity index (χ4v) is 4.08. The molecule has 1 saturated heterocycles. The third-order valence-corrected chi connectivity index (χ3v) is 5.51. The summed E-state index contributed by atoms with van der Waals surface area (Å²) in [6, 6.07) is 8.48. The topological polar surface area (TPSA) is 89.4 Å². The van der Waals surface area contributed by atoms with Crippen molar-refractivity contribution >= 4 is 17.6 Å². The van der Waals surface area contributed by atoms with E-state index >= 15 is 0 Å². The molecule has 3 aromatic rings. The molecule has 2 aromatic heterocycles. The smallest absolute Gasteiger partial charge is 0.254 e. The van der Waals surface area contributed by atoms with Crippen LogP contribution in [-0.2, 0) is 11.2 Å². The number of rotatable bonds is 3. The zero-order chi connectivity index (χ0) is 19.1. The van der Waals surface area contributed by atoms with Gasteiger partial charge in [0.25, 0.3) is 5.78 Å². The molecule has 7 nitrogen and oxygen atoms in total. The Morgan fingerprint density at radius 2 is 2.00 bits per heavy atom. The molecule has 1 aromatic carbocycles. The van der Waals surface area contributed by atoms with Gasteiger partial charge in [-0.3, -0.25) is 4.79 Å². The number of nitrogens with zero attached hydrogens (tertiary/aromatic N) is 5. The molecule has 1 aliphatic heterocycles. The Morgan fingerprint density at radius 3 is 2.78 bits per heavy atom. The predicted molar refractivity (Wildman–Crippen MR) is 103 cm³/mol. The molecule has 0 bridgehead atoms. The van der Waals surface area contributed by atoms with E-state index < -0.39 is 0 Å². The highest BCUT2D eigenvalue weighted by Gasteiger charge is 2.31. The molecule has 27 heavy (non-hydrogen) atoms. The fourth-order valence-electron chi connectivity index (χ4n) is 4.08. The maximum absolute atomic E-state index is 13.2. The van der Waals surface area contributed by atoms with Gasteiger partial charge in [-0.1, -0.05) is 24.3 Å². The lowest BCUT2D eigenvalue weighted by Gasteiger charge is -2.27. The summed E-state index contributed by atoms with van der Waals surface area (Å²) in [5, 5.41) is 4.19. The first-order chi connectivity index (χ1) is 13.0. The maximum atomic E-state index is 13.2. The Kier molecular flexibility index (Phi) is 4.30. The summed E-state index contributed by atoms with van der Waals surface area (Å²) in [5.74, 6) is 0.784. The average Bonchev–Trinajstić information content (AvgIpc) is 3.25. The first-order valence-corrected chi connectivity index (χ1v) is 9.29. The number of benzene rings is 1. The molecule has 2 N–H and O–H groups in total. The van der Waals surface area contributed by atoms with Crippen molar-refractivity contribution in [3.63, 3.8) is 0 Å². The number of aromatic nitrogens is 4. The van der Waals surface area contributed by atoms with Gasteiger partial charge in [0.15, 0.2) is 0 Å². The number of amides is 1. The predicted octanol–water partition coefficient (Wildman–Crippen LogP) is 2.54. The Labute approximate surface area is 158 Å². The number of aryl methyl sites for hydroxylation is 3. The Bertz CT molecular complexity index is 1020. The summed E-state index contributed by atoms with van der Waals surface area (Å²) >= 11 is 0. The maximum Gasteiger partial charge on any atom is 0.254 e. The molecule has 1 amide bonds. The standard InChI is InChI=1S/C20H24N6O/c1-12-7-4-5-8-15(12)17-9-6-10-25(17)18(27)11-16-13(2)22-20-23-19(21)24-26(20)14(16)3/h4-5,7-8,17H,6,9-11H2,1-3H3,(H2,21,24). The quantitative estimate of drug-likeness (QED) is 0.771. The summed E-state index contributed by atoms with van der Waals surface area (Å²) in [6.45, 7) is 6.74. The van der Waals surface area contributed by atoms with E-state index in [1.807, 2.05) is 30.9 Å². The third kappa shape index (κ3) is 3.03. The highest BCUT2D eigenvalue weighted by molar-refractivity contribution is 5.80. The van der Waals surface area contributed by atoms with Gasteiger partial charge in [0.2, 0.25) is 11.9 Å². The number of hydrogen-bond acceptors (Lipinski definition) is 5. The van der Waals surface area contributed by atoms with Crippen LogP contribution in [-0.4, -0.2) is 36.9 Å². The van der Waals surface area contributed by atoms with Gasteiger partial charge in [-0.05, 0) is 44.7 Å². The molecule has 0 saturated carbocycles. The van der Waals surface area contributed by atoms with Crippen LogP contribution in [0.4, 0.5) is 5.95 Å². The van der Waals surface area contributed by atoms with Crippen molar-refractivity contribution in [1.29, 1.82) is 0 Å². The van der Waals surface area contributed by atoms with Crippen molar-refractivity contribution in [2.75, 3.05) is 12.3 Å². The lowest BCUT2D eigenvalue weighted by Crippen LogP contribution is -2.32. The van der Waals surface area contributed by atoms with E-state index in [1.165, 1.54) is 11.1 Å². The second-order valence-electron chi connectivity index (χ2n) is 7.22. The number of carbonyl (C=O) groups excluding carboxylic acids is 1. The van der Waals surface area contributed by atoms with Crippen molar-refractivity contribution in [3.05, 3.63) is 52.3 Å². The first-order valence-electron chi connectivity index (χ1n) is 9.29. The first kappa shape index (κ1) is 17.5. The SMILES string of the molecule is Cc1ccccc1C1CCCN1C(=O)Cc1c(C)nc2nc(N)nn2c1C. The van der Waals surface area contributed by atoms with E-state index in [4.69, 9.17) is 5.73 Å². The summed E-state index contributed by atoms with van der Waals surface area (Å²) in [6.07, 6.45) is 2.34. The van der Waals surface area contributed by atoms with Crippen molar-refractivity contribution in [2.24, 2.45) is 0 Å². The monoisotopic (exact) mass is 364 g/mol. The lowest BCUT2D eigenvalue weighted by atomic mass is 9.99. The van der Waals surface area contributed by atoms with Crippen LogP contribution < -0.4 is 5.73 Å². The lowest BCUT2D eigenvalue weighted by molar-refractivity contribution is -0.131. The van der Waals surface area contributed by atoms with Crippen molar-refractivity contribution in [1.82, 2.24) is 24.5 Å². The van der Waals surface area contributed by atoms with Crippen molar-refractivity contribution in [3.8, 4) is 0 Å². The van der Waals surface area contributed by atoms with Crippen molar-refractivity contribution < 1.29 is 4.79 Å². The number of nitrogen functional groups attached to an aromatic ring is 1. The van der Waals surface area contributed by atoms with E-state index in [2.05, 4.69) is 34.1 Å². The molecular weight excluding hydrogens is 340 g/mol. The zero-order valence-corrected chi connectivity index (χ0v) is 15.9. The van der Waals surface area contributed by atoms with Gasteiger partial charge in [-0.2, -0.15) is 9.50 Å². The van der Waals surface area contributed by atoms with Crippen LogP contribution in [0.5, 0.6) is 0 Å². The largest absolute Gasteiger partial charge is 0.366 e.